The van der Waals surface area contributed by atoms with E-state index in [4.69, 9.17) is 5.73 Å². The van der Waals surface area contributed by atoms with Crippen molar-refractivity contribution in [2.24, 2.45) is 23.5 Å². The van der Waals surface area contributed by atoms with Crippen LogP contribution in [-0.2, 0) is 9.59 Å². The number of nitrogens with two attached hydrogens (primary N) is 1. The molecular weight excluding hydrogens is 332 g/mol. The van der Waals surface area contributed by atoms with E-state index in [2.05, 4.69) is 21.2 Å². The molecule has 4 nitrogen and oxygen atoms in total. The van der Waals surface area contributed by atoms with Gasteiger partial charge in [0, 0.05) is 10.4 Å². The maximum atomic E-state index is 12.5. The zero-order chi connectivity index (χ0) is 15.0. The summed E-state index contributed by atoms with van der Waals surface area (Å²) in [6.45, 7) is 0. The van der Waals surface area contributed by atoms with Crippen LogP contribution >= 0.6 is 15.9 Å². The number of nitrogens with one attached hydrogen (secondary N) is 1. The van der Waals surface area contributed by atoms with Crippen LogP contribution in [0.15, 0.2) is 28.7 Å². The molecule has 0 heterocycles. The lowest BCUT2D eigenvalue weighted by molar-refractivity contribution is -0.131. The smallest absolute Gasteiger partial charge is 0.244 e. The van der Waals surface area contributed by atoms with Gasteiger partial charge in [-0.05, 0) is 48.8 Å². The second kappa shape index (κ2) is 5.79. The standard InChI is InChI=1S/C16H19BrN2O2/c17-12-3-1-2-11(8-12)14(15(18)20)19-16(21)13-7-9-4-5-10(13)6-9/h1-3,8-10,13-14H,4-7H2,(H2,18,20)(H,19,21). The van der Waals surface area contributed by atoms with Crippen molar-refractivity contribution >= 4 is 27.7 Å². The SMILES string of the molecule is NC(=O)C(NC(=O)C1CC2CCC1C2)c1cccc(Br)c1. The maximum absolute atomic E-state index is 12.5. The fourth-order valence-electron chi connectivity index (χ4n) is 3.82. The summed E-state index contributed by atoms with van der Waals surface area (Å²) in [5.74, 6) is 0.697. The lowest BCUT2D eigenvalue weighted by atomic mass is 9.88. The van der Waals surface area contributed by atoms with Crippen LogP contribution < -0.4 is 11.1 Å². The highest BCUT2D eigenvalue weighted by Gasteiger charge is 2.43. The third-order valence-electron chi connectivity index (χ3n) is 4.83. The van der Waals surface area contributed by atoms with Gasteiger partial charge >= 0.3 is 0 Å². The van der Waals surface area contributed by atoms with Crippen molar-refractivity contribution < 1.29 is 9.59 Å². The van der Waals surface area contributed by atoms with Gasteiger partial charge in [0.25, 0.3) is 0 Å². The van der Waals surface area contributed by atoms with Crippen LogP contribution in [0.3, 0.4) is 0 Å². The summed E-state index contributed by atoms with van der Waals surface area (Å²) in [5.41, 5.74) is 6.19. The third-order valence-corrected chi connectivity index (χ3v) is 5.32. The van der Waals surface area contributed by atoms with Crippen molar-refractivity contribution in [2.75, 3.05) is 0 Å². The molecule has 0 aromatic heterocycles. The number of hydrogen-bond donors (Lipinski definition) is 2. The molecule has 0 aliphatic heterocycles. The van der Waals surface area contributed by atoms with Crippen LogP contribution in [0.4, 0.5) is 0 Å². The maximum Gasteiger partial charge on any atom is 0.244 e. The van der Waals surface area contributed by atoms with Gasteiger partial charge in [-0.25, -0.2) is 0 Å². The van der Waals surface area contributed by atoms with E-state index in [-0.39, 0.29) is 11.8 Å². The van der Waals surface area contributed by atoms with Crippen LogP contribution in [0.2, 0.25) is 0 Å². The first-order valence-electron chi connectivity index (χ1n) is 7.39. The Morgan fingerprint density at radius 1 is 1.29 bits per heavy atom. The molecule has 2 aliphatic rings. The van der Waals surface area contributed by atoms with Gasteiger partial charge in [0.15, 0.2) is 0 Å². The minimum atomic E-state index is -0.755. The molecule has 0 radical (unpaired) electrons. The summed E-state index contributed by atoms with van der Waals surface area (Å²) in [7, 11) is 0. The predicted molar refractivity (Wildman–Crippen MR) is 83.2 cm³/mol. The van der Waals surface area contributed by atoms with Gasteiger partial charge in [-0.15, -0.1) is 0 Å². The van der Waals surface area contributed by atoms with Crippen LogP contribution in [0, 0.1) is 17.8 Å². The number of rotatable bonds is 4. The number of hydrogen-bond acceptors (Lipinski definition) is 2. The van der Waals surface area contributed by atoms with E-state index in [9.17, 15) is 9.59 Å². The van der Waals surface area contributed by atoms with Crippen LogP contribution in [0.1, 0.15) is 37.3 Å². The first kappa shape index (κ1) is 14.6. The molecule has 0 saturated heterocycles. The van der Waals surface area contributed by atoms with E-state index >= 15 is 0 Å². The van der Waals surface area contributed by atoms with E-state index in [1.165, 1.54) is 6.42 Å². The number of carbonyl (C=O) groups excluding carboxylic acids is 2. The van der Waals surface area contributed by atoms with Crippen molar-refractivity contribution in [1.82, 2.24) is 5.32 Å². The molecule has 0 spiro atoms. The summed E-state index contributed by atoms with van der Waals surface area (Å²) >= 11 is 3.37. The Morgan fingerprint density at radius 3 is 2.67 bits per heavy atom. The molecule has 3 rings (SSSR count). The van der Waals surface area contributed by atoms with Crippen LogP contribution in [0.5, 0.6) is 0 Å². The molecule has 1 aromatic carbocycles. The van der Waals surface area contributed by atoms with Crippen LogP contribution in [-0.4, -0.2) is 11.8 Å². The molecule has 4 unspecified atom stereocenters. The molecule has 2 aliphatic carbocycles. The summed E-state index contributed by atoms with van der Waals surface area (Å²) in [5, 5.41) is 2.85. The van der Waals surface area contributed by atoms with Crippen molar-refractivity contribution in [1.29, 1.82) is 0 Å². The average molecular weight is 351 g/mol. The monoisotopic (exact) mass is 350 g/mol. The topological polar surface area (TPSA) is 72.2 Å². The van der Waals surface area contributed by atoms with Crippen molar-refractivity contribution in [3.63, 3.8) is 0 Å². The average Bonchev–Trinajstić information content (AvgIpc) is 3.06. The molecule has 3 N–H and O–H groups in total. The Morgan fingerprint density at radius 2 is 2.10 bits per heavy atom. The Hall–Kier alpha value is -1.36. The Labute approximate surface area is 132 Å². The predicted octanol–water partition coefficient (Wildman–Crippen LogP) is 2.53. The second-order valence-corrected chi connectivity index (χ2v) is 7.10. The minimum absolute atomic E-state index is 0.0222. The summed E-state index contributed by atoms with van der Waals surface area (Å²) in [6.07, 6.45) is 4.51. The third kappa shape index (κ3) is 2.98. The molecule has 21 heavy (non-hydrogen) atoms. The van der Waals surface area contributed by atoms with Gasteiger partial charge in [-0.3, -0.25) is 9.59 Å². The van der Waals surface area contributed by atoms with Crippen molar-refractivity contribution in [3.05, 3.63) is 34.3 Å². The van der Waals surface area contributed by atoms with E-state index in [1.807, 2.05) is 18.2 Å². The largest absolute Gasteiger partial charge is 0.368 e. The highest BCUT2D eigenvalue weighted by atomic mass is 79.9. The summed E-state index contributed by atoms with van der Waals surface area (Å²) < 4.78 is 0.862. The molecule has 5 heteroatoms. The number of amides is 2. The summed E-state index contributed by atoms with van der Waals surface area (Å²) in [4.78, 5) is 24.2. The quantitative estimate of drug-likeness (QED) is 0.875. The van der Waals surface area contributed by atoms with Gasteiger partial charge in [0.2, 0.25) is 11.8 Å². The summed E-state index contributed by atoms with van der Waals surface area (Å²) in [6, 6.07) is 6.57. The van der Waals surface area contributed by atoms with E-state index in [0.29, 0.717) is 17.4 Å². The first-order chi connectivity index (χ1) is 10.0. The van der Waals surface area contributed by atoms with Gasteiger partial charge in [0.1, 0.15) is 6.04 Å². The Bertz CT molecular complexity index is 575. The van der Waals surface area contributed by atoms with E-state index < -0.39 is 11.9 Å². The molecule has 1 aromatic rings. The Kier molecular flexibility index (Phi) is 4.02. The highest BCUT2D eigenvalue weighted by Crippen LogP contribution is 2.48. The van der Waals surface area contributed by atoms with Gasteiger partial charge < -0.3 is 11.1 Å². The molecule has 2 fully saturated rings. The normalized spacial score (nSPS) is 28.3. The van der Waals surface area contributed by atoms with Crippen molar-refractivity contribution in [2.45, 2.75) is 31.7 Å². The Balaban J connectivity index is 1.73. The number of benzene rings is 1. The molecule has 2 amide bonds. The van der Waals surface area contributed by atoms with Gasteiger partial charge in [-0.1, -0.05) is 34.5 Å². The van der Waals surface area contributed by atoms with Crippen LogP contribution in [0.25, 0.3) is 0 Å². The molecule has 4 atom stereocenters. The van der Waals surface area contributed by atoms with E-state index in [1.54, 1.807) is 6.07 Å². The first-order valence-corrected chi connectivity index (χ1v) is 8.19. The lowest BCUT2D eigenvalue weighted by Crippen LogP contribution is -2.41. The number of halogens is 1. The molecule has 2 saturated carbocycles. The fraction of sp³-hybridized carbons (Fsp3) is 0.500. The zero-order valence-electron chi connectivity index (χ0n) is 11.7. The molecular formula is C16H19BrN2O2. The number of carbonyl (C=O) groups is 2. The second-order valence-electron chi connectivity index (χ2n) is 6.18. The van der Waals surface area contributed by atoms with Gasteiger partial charge in [0.05, 0.1) is 0 Å². The van der Waals surface area contributed by atoms with Crippen molar-refractivity contribution in [3.8, 4) is 0 Å². The fourth-order valence-corrected chi connectivity index (χ4v) is 4.24. The minimum Gasteiger partial charge on any atom is -0.368 e. The lowest BCUT2D eigenvalue weighted by Gasteiger charge is -2.24. The molecule has 2 bridgehead atoms. The zero-order valence-corrected chi connectivity index (χ0v) is 13.3. The van der Waals surface area contributed by atoms with Gasteiger partial charge in [-0.2, -0.15) is 0 Å². The highest BCUT2D eigenvalue weighted by molar-refractivity contribution is 9.10. The number of fused-ring (bicyclic) bond motifs is 2. The number of primary amides is 1. The molecule has 112 valence electrons. The van der Waals surface area contributed by atoms with E-state index in [0.717, 1.165) is 23.7 Å².